The third-order valence-electron chi connectivity index (χ3n) is 4.75. The number of hydrogen-bond acceptors (Lipinski definition) is 3. The van der Waals surface area contributed by atoms with Gasteiger partial charge in [0, 0.05) is 30.2 Å². The fourth-order valence-electron chi connectivity index (χ4n) is 3.15. The zero-order valence-corrected chi connectivity index (χ0v) is 17.0. The van der Waals surface area contributed by atoms with Crippen LogP contribution < -0.4 is 15.4 Å². The average molecular weight is 409 g/mol. The number of nitrogens with one attached hydrogen (secondary N) is 2. The first-order valence-corrected chi connectivity index (χ1v) is 10.1. The highest BCUT2D eigenvalue weighted by Crippen LogP contribution is 2.30. The van der Waals surface area contributed by atoms with Crippen molar-refractivity contribution in [2.75, 3.05) is 5.32 Å². The predicted molar refractivity (Wildman–Crippen MR) is 123 cm³/mol. The Bertz CT molecular complexity index is 1110. The van der Waals surface area contributed by atoms with E-state index in [1.54, 1.807) is 12.4 Å². The maximum Gasteiger partial charge on any atom is 0.319 e. The van der Waals surface area contributed by atoms with Crippen LogP contribution in [0.1, 0.15) is 11.1 Å². The second-order valence-corrected chi connectivity index (χ2v) is 7.02. The number of aromatic nitrogens is 1. The van der Waals surface area contributed by atoms with Gasteiger partial charge in [0.25, 0.3) is 0 Å². The summed E-state index contributed by atoms with van der Waals surface area (Å²) in [5.41, 5.74) is 4.86. The fraction of sp³-hybridized carbons (Fsp3) is 0.0769. The number of carbonyl (C=O) groups excluding carboxylic acids is 1. The standard InChI is InChI=1S/C26H23N3O2/c30-26(28-18-21-7-6-16-27-17-21)29-23-14-12-20(13-15-23)19-31-25-11-5-4-10-24(25)22-8-2-1-3-9-22/h1-17H,18-19H2,(H2,28,29,30). The molecule has 1 heterocycles. The molecular weight excluding hydrogens is 386 g/mol. The minimum absolute atomic E-state index is 0.260. The number of para-hydroxylation sites is 1. The fourth-order valence-corrected chi connectivity index (χ4v) is 3.15. The Labute approximate surface area is 181 Å². The number of hydrogen-bond donors (Lipinski definition) is 2. The summed E-state index contributed by atoms with van der Waals surface area (Å²) in [5, 5.41) is 5.65. The van der Waals surface area contributed by atoms with E-state index in [-0.39, 0.29) is 6.03 Å². The number of urea groups is 1. The zero-order valence-electron chi connectivity index (χ0n) is 17.0. The Morgan fingerprint density at radius 3 is 2.35 bits per heavy atom. The second kappa shape index (κ2) is 10.1. The molecule has 5 nitrogen and oxygen atoms in total. The minimum atomic E-state index is -0.260. The molecule has 0 aliphatic heterocycles. The van der Waals surface area contributed by atoms with Gasteiger partial charge in [0.1, 0.15) is 12.4 Å². The van der Waals surface area contributed by atoms with Crippen molar-refractivity contribution in [3.63, 3.8) is 0 Å². The summed E-state index contributed by atoms with van der Waals surface area (Å²) in [6, 6.07) is 29.3. The molecule has 4 aromatic rings. The SMILES string of the molecule is O=C(NCc1cccnc1)Nc1ccc(COc2ccccc2-c2ccccc2)cc1. The Morgan fingerprint density at radius 2 is 1.58 bits per heavy atom. The van der Waals surface area contributed by atoms with Gasteiger partial charge in [-0.15, -0.1) is 0 Å². The quantitative estimate of drug-likeness (QED) is 0.415. The lowest BCUT2D eigenvalue weighted by Crippen LogP contribution is -2.28. The predicted octanol–water partition coefficient (Wildman–Crippen LogP) is 5.65. The van der Waals surface area contributed by atoms with E-state index in [2.05, 4.69) is 33.8 Å². The van der Waals surface area contributed by atoms with Crippen molar-refractivity contribution < 1.29 is 9.53 Å². The lowest BCUT2D eigenvalue weighted by Gasteiger charge is -2.12. The van der Waals surface area contributed by atoms with Gasteiger partial charge in [-0.05, 0) is 41.0 Å². The summed E-state index contributed by atoms with van der Waals surface area (Å²) in [5.74, 6) is 0.839. The van der Waals surface area contributed by atoms with E-state index >= 15 is 0 Å². The van der Waals surface area contributed by atoms with Crippen molar-refractivity contribution >= 4 is 11.7 Å². The highest BCUT2D eigenvalue weighted by atomic mass is 16.5. The first kappa shape index (κ1) is 20.2. The summed E-state index contributed by atoms with van der Waals surface area (Å²) in [4.78, 5) is 16.1. The Balaban J connectivity index is 1.32. The number of amides is 2. The van der Waals surface area contributed by atoms with Crippen molar-refractivity contribution in [3.05, 3.63) is 115 Å². The van der Waals surface area contributed by atoms with Crippen molar-refractivity contribution in [1.82, 2.24) is 10.3 Å². The molecule has 0 aliphatic rings. The normalized spacial score (nSPS) is 10.3. The Morgan fingerprint density at radius 1 is 0.806 bits per heavy atom. The molecule has 0 radical (unpaired) electrons. The van der Waals surface area contributed by atoms with E-state index in [0.29, 0.717) is 13.2 Å². The van der Waals surface area contributed by atoms with Crippen molar-refractivity contribution in [2.45, 2.75) is 13.2 Å². The van der Waals surface area contributed by atoms with Gasteiger partial charge in [-0.25, -0.2) is 4.79 Å². The summed E-state index contributed by atoms with van der Waals surface area (Å²) in [7, 11) is 0. The van der Waals surface area contributed by atoms with Crippen molar-refractivity contribution in [3.8, 4) is 16.9 Å². The average Bonchev–Trinajstić information content (AvgIpc) is 2.84. The number of rotatable bonds is 7. The molecular formula is C26H23N3O2. The lowest BCUT2D eigenvalue weighted by molar-refractivity contribution is 0.251. The van der Waals surface area contributed by atoms with E-state index in [9.17, 15) is 4.79 Å². The van der Waals surface area contributed by atoms with E-state index < -0.39 is 0 Å². The zero-order chi connectivity index (χ0) is 21.3. The molecule has 0 saturated carbocycles. The van der Waals surface area contributed by atoms with E-state index in [1.165, 1.54) is 0 Å². The first-order valence-electron chi connectivity index (χ1n) is 10.1. The van der Waals surface area contributed by atoms with Crippen LogP contribution in [-0.2, 0) is 13.2 Å². The summed E-state index contributed by atoms with van der Waals surface area (Å²) < 4.78 is 6.08. The maximum atomic E-state index is 12.1. The van der Waals surface area contributed by atoms with Crippen LogP contribution in [0.15, 0.2) is 103 Å². The molecule has 1 aromatic heterocycles. The van der Waals surface area contributed by atoms with Crippen molar-refractivity contribution in [2.24, 2.45) is 0 Å². The van der Waals surface area contributed by atoms with Crippen LogP contribution in [0.25, 0.3) is 11.1 Å². The highest BCUT2D eigenvalue weighted by molar-refractivity contribution is 5.89. The largest absolute Gasteiger partial charge is 0.488 e. The third-order valence-corrected chi connectivity index (χ3v) is 4.75. The monoisotopic (exact) mass is 409 g/mol. The molecule has 0 fully saturated rings. The molecule has 2 amide bonds. The molecule has 0 unspecified atom stereocenters. The van der Waals surface area contributed by atoms with Crippen LogP contribution in [0.4, 0.5) is 10.5 Å². The van der Waals surface area contributed by atoms with Crippen LogP contribution in [0.2, 0.25) is 0 Å². The molecule has 3 aromatic carbocycles. The van der Waals surface area contributed by atoms with Gasteiger partial charge in [0.2, 0.25) is 0 Å². The van der Waals surface area contributed by atoms with Gasteiger partial charge < -0.3 is 15.4 Å². The summed E-state index contributed by atoms with van der Waals surface area (Å²) in [6.45, 7) is 0.865. The maximum absolute atomic E-state index is 12.1. The van der Waals surface area contributed by atoms with E-state index in [4.69, 9.17) is 4.74 Å². The van der Waals surface area contributed by atoms with Gasteiger partial charge in [0.05, 0.1) is 0 Å². The molecule has 0 saturated heterocycles. The molecule has 0 atom stereocenters. The minimum Gasteiger partial charge on any atom is -0.488 e. The smallest absolute Gasteiger partial charge is 0.319 e. The van der Waals surface area contributed by atoms with Gasteiger partial charge in [-0.3, -0.25) is 4.98 Å². The Kier molecular flexibility index (Phi) is 6.55. The second-order valence-electron chi connectivity index (χ2n) is 7.02. The Hall–Kier alpha value is -4.12. The van der Waals surface area contributed by atoms with Gasteiger partial charge in [0.15, 0.2) is 0 Å². The van der Waals surface area contributed by atoms with Gasteiger partial charge >= 0.3 is 6.03 Å². The molecule has 4 rings (SSSR count). The number of nitrogens with zero attached hydrogens (tertiary/aromatic N) is 1. The molecule has 2 N–H and O–H groups in total. The van der Waals surface area contributed by atoms with E-state index in [0.717, 1.165) is 33.7 Å². The van der Waals surface area contributed by atoms with Crippen LogP contribution in [0.5, 0.6) is 5.75 Å². The number of carbonyl (C=O) groups is 1. The first-order chi connectivity index (χ1) is 15.3. The van der Waals surface area contributed by atoms with Crippen LogP contribution in [0.3, 0.4) is 0 Å². The molecule has 0 spiro atoms. The van der Waals surface area contributed by atoms with Gasteiger partial charge in [-0.1, -0.05) is 66.7 Å². The van der Waals surface area contributed by atoms with Gasteiger partial charge in [-0.2, -0.15) is 0 Å². The van der Waals surface area contributed by atoms with Crippen LogP contribution in [-0.4, -0.2) is 11.0 Å². The van der Waals surface area contributed by atoms with Crippen LogP contribution in [0, 0.1) is 0 Å². The molecule has 154 valence electrons. The molecule has 31 heavy (non-hydrogen) atoms. The van der Waals surface area contributed by atoms with E-state index in [1.807, 2.05) is 72.8 Å². The number of pyridine rings is 1. The summed E-state index contributed by atoms with van der Waals surface area (Å²) in [6.07, 6.45) is 3.43. The lowest BCUT2D eigenvalue weighted by atomic mass is 10.0. The highest BCUT2D eigenvalue weighted by Gasteiger charge is 2.06. The van der Waals surface area contributed by atoms with Crippen LogP contribution >= 0.6 is 0 Å². The number of benzene rings is 3. The summed E-state index contributed by atoms with van der Waals surface area (Å²) >= 11 is 0. The topological polar surface area (TPSA) is 63.2 Å². The molecule has 0 aliphatic carbocycles. The number of anilines is 1. The third kappa shape index (κ3) is 5.70. The van der Waals surface area contributed by atoms with Crippen molar-refractivity contribution in [1.29, 1.82) is 0 Å². The number of ether oxygens (including phenoxy) is 1. The molecule has 5 heteroatoms. The molecule has 0 bridgehead atoms.